The van der Waals surface area contributed by atoms with Crippen LogP contribution >= 0.6 is 0 Å². The van der Waals surface area contributed by atoms with Gasteiger partial charge in [-0.05, 0) is 72.3 Å². The Morgan fingerprint density at radius 3 is 1.81 bits per heavy atom. The topological polar surface area (TPSA) is 26.6 Å². The molecule has 0 fully saturated rings. The van der Waals surface area contributed by atoms with E-state index in [1.165, 1.54) is 27.4 Å². The molecule has 160 valence electrons. The summed E-state index contributed by atoms with van der Waals surface area (Å²) in [6.07, 6.45) is 0. The van der Waals surface area contributed by atoms with Crippen LogP contribution in [0.15, 0.2) is 91.0 Å². The normalized spacial score (nSPS) is 11.1. The molecule has 0 spiro atoms. The van der Waals surface area contributed by atoms with E-state index in [1.54, 1.807) is 14.2 Å². The van der Waals surface area contributed by atoms with Crippen LogP contribution in [-0.4, -0.2) is 18.8 Å². The van der Waals surface area contributed by atoms with E-state index in [0.29, 0.717) is 0 Å². The number of aromatic nitrogens is 1. The maximum Gasteiger partial charge on any atom is 0.119 e. The average Bonchev–Trinajstić information content (AvgIpc) is 3.14. The molecule has 0 radical (unpaired) electrons. The molecule has 0 aliphatic carbocycles. The first-order chi connectivity index (χ1) is 15.7. The van der Waals surface area contributed by atoms with Gasteiger partial charge in [-0.1, -0.05) is 24.3 Å². The number of anilines is 2. The number of methoxy groups -OCH3 is 2. The van der Waals surface area contributed by atoms with Crippen molar-refractivity contribution in [1.82, 2.24) is 4.57 Å². The zero-order chi connectivity index (χ0) is 22.1. The van der Waals surface area contributed by atoms with Gasteiger partial charge in [0.2, 0.25) is 0 Å². The van der Waals surface area contributed by atoms with Gasteiger partial charge >= 0.3 is 0 Å². The van der Waals surface area contributed by atoms with Crippen molar-refractivity contribution >= 4 is 33.2 Å². The summed E-state index contributed by atoms with van der Waals surface area (Å²) in [5.41, 5.74) is 5.96. The number of ether oxygens (including phenoxy) is 2. The fourth-order valence-corrected chi connectivity index (χ4v) is 4.35. The third-order valence-corrected chi connectivity index (χ3v) is 6.09. The second kappa shape index (κ2) is 8.31. The standard InChI is InChI=1S/C28H26N2O2/c1-29-27-7-5-4-6-25(27)26-18-20(8-17-28(26)29)19-30(21-9-13-23(31-2)14-10-21)22-11-15-24(32-3)16-12-22/h4-18H,19H2,1-3H3. The molecule has 4 heteroatoms. The second-order valence-electron chi connectivity index (χ2n) is 7.91. The summed E-state index contributed by atoms with van der Waals surface area (Å²) in [5.74, 6) is 1.70. The molecule has 0 atom stereocenters. The predicted octanol–water partition coefficient (Wildman–Crippen LogP) is 6.69. The summed E-state index contributed by atoms with van der Waals surface area (Å²) >= 11 is 0. The van der Waals surface area contributed by atoms with Crippen LogP contribution in [-0.2, 0) is 13.6 Å². The lowest BCUT2D eigenvalue weighted by Crippen LogP contribution is -2.16. The van der Waals surface area contributed by atoms with E-state index in [1.807, 2.05) is 24.3 Å². The van der Waals surface area contributed by atoms with Gasteiger partial charge in [0, 0.05) is 46.8 Å². The molecule has 1 heterocycles. The van der Waals surface area contributed by atoms with Crippen LogP contribution in [0.1, 0.15) is 5.56 Å². The van der Waals surface area contributed by atoms with Crippen LogP contribution < -0.4 is 14.4 Å². The molecule has 4 nitrogen and oxygen atoms in total. The number of aryl methyl sites for hydroxylation is 1. The molecule has 4 aromatic carbocycles. The molecule has 32 heavy (non-hydrogen) atoms. The first-order valence-electron chi connectivity index (χ1n) is 10.7. The summed E-state index contributed by atoms with van der Waals surface area (Å²) in [6, 6.07) is 31.7. The highest BCUT2D eigenvalue weighted by Gasteiger charge is 2.13. The van der Waals surface area contributed by atoms with Gasteiger partial charge in [0.15, 0.2) is 0 Å². The van der Waals surface area contributed by atoms with Crippen LogP contribution in [0.3, 0.4) is 0 Å². The van der Waals surface area contributed by atoms with Crippen molar-refractivity contribution in [3.8, 4) is 11.5 Å². The molecular formula is C28H26N2O2. The van der Waals surface area contributed by atoms with E-state index in [0.717, 1.165) is 29.4 Å². The van der Waals surface area contributed by atoms with Crippen molar-refractivity contribution < 1.29 is 9.47 Å². The first kappa shape index (κ1) is 20.0. The van der Waals surface area contributed by atoms with Crippen LogP contribution in [0.5, 0.6) is 11.5 Å². The van der Waals surface area contributed by atoms with E-state index in [9.17, 15) is 0 Å². The highest BCUT2D eigenvalue weighted by molar-refractivity contribution is 6.08. The number of hydrogen-bond acceptors (Lipinski definition) is 3. The molecule has 0 saturated carbocycles. The van der Waals surface area contributed by atoms with E-state index in [2.05, 4.69) is 83.2 Å². The van der Waals surface area contributed by atoms with E-state index in [4.69, 9.17) is 9.47 Å². The van der Waals surface area contributed by atoms with E-state index >= 15 is 0 Å². The Labute approximate surface area is 188 Å². The SMILES string of the molecule is COc1ccc(N(Cc2ccc3c(c2)c2ccccc2n3C)c2ccc(OC)cc2)cc1. The molecule has 0 N–H and O–H groups in total. The van der Waals surface area contributed by atoms with Crippen molar-refractivity contribution in [2.75, 3.05) is 19.1 Å². The number of rotatable bonds is 6. The quantitative estimate of drug-likeness (QED) is 0.305. The summed E-state index contributed by atoms with van der Waals surface area (Å²) in [7, 11) is 5.51. The molecule has 0 unspecified atom stereocenters. The van der Waals surface area contributed by atoms with Crippen molar-refractivity contribution in [3.05, 3.63) is 96.6 Å². The van der Waals surface area contributed by atoms with Gasteiger partial charge in [0.05, 0.1) is 14.2 Å². The minimum atomic E-state index is 0.748. The highest BCUT2D eigenvalue weighted by atomic mass is 16.5. The Bertz CT molecular complexity index is 1320. The van der Waals surface area contributed by atoms with Gasteiger partial charge in [0.1, 0.15) is 11.5 Å². The third kappa shape index (κ3) is 3.54. The van der Waals surface area contributed by atoms with Crippen molar-refractivity contribution in [2.24, 2.45) is 7.05 Å². The molecule has 0 aliphatic heterocycles. The summed E-state index contributed by atoms with van der Waals surface area (Å²) < 4.78 is 13.0. The van der Waals surface area contributed by atoms with Crippen molar-refractivity contribution in [1.29, 1.82) is 0 Å². The summed E-state index contributed by atoms with van der Waals surface area (Å²) in [6.45, 7) is 0.748. The monoisotopic (exact) mass is 422 g/mol. The van der Waals surface area contributed by atoms with Crippen LogP contribution in [0.4, 0.5) is 11.4 Å². The zero-order valence-electron chi connectivity index (χ0n) is 18.6. The molecular weight excluding hydrogens is 396 g/mol. The largest absolute Gasteiger partial charge is 0.497 e. The smallest absolute Gasteiger partial charge is 0.119 e. The fourth-order valence-electron chi connectivity index (χ4n) is 4.35. The number of fused-ring (bicyclic) bond motifs is 3. The number of hydrogen-bond donors (Lipinski definition) is 0. The molecule has 0 bridgehead atoms. The minimum Gasteiger partial charge on any atom is -0.497 e. The summed E-state index contributed by atoms with van der Waals surface area (Å²) in [5, 5.41) is 2.57. The Morgan fingerprint density at radius 1 is 0.656 bits per heavy atom. The molecule has 0 aliphatic rings. The van der Waals surface area contributed by atoms with Gasteiger partial charge in [-0.15, -0.1) is 0 Å². The van der Waals surface area contributed by atoms with Gasteiger partial charge in [-0.2, -0.15) is 0 Å². The lowest BCUT2D eigenvalue weighted by molar-refractivity contribution is 0.415. The van der Waals surface area contributed by atoms with Crippen LogP contribution in [0.2, 0.25) is 0 Å². The zero-order valence-corrected chi connectivity index (χ0v) is 18.6. The van der Waals surface area contributed by atoms with Crippen LogP contribution in [0.25, 0.3) is 21.8 Å². The third-order valence-electron chi connectivity index (χ3n) is 6.09. The highest BCUT2D eigenvalue weighted by Crippen LogP contribution is 2.33. The Kier molecular flexibility index (Phi) is 5.20. The number of benzene rings is 4. The molecule has 0 amide bonds. The molecule has 0 saturated heterocycles. The Morgan fingerprint density at radius 2 is 1.22 bits per heavy atom. The lowest BCUT2D eigenvalue weighted by Gasteiger charge is -2.26. The molecule has 5 rings (SSSR count). The second-order valence-corrected chi connectivity index (χ2v) is 7.91. The van der Waals surface area contributed by atoms with Gasteiger partial charge in [0.25, 0.3) is 0 Å². The van der Waals surface area contributed by atoms with Crippen LogP contribution in [0, 0.1) is 0 Å². The molecule has 5 aromatic rings. The minimum absolute atomic E-state index is 0.748. The average molecular weight is 423 g/mol. The molecule has 1 aromatic heterocycles. The number of para-hydroxylation sites is 1. The van der Waals surface area contributed by atoms with Gasteiger partial charge < -0.3 is 18.9 Å². The predicted molar refractivity (Wildman–Crippen MR) is 132 cm³/mol. The van der Waals surface area contributed by atoms with Crippen molar-refractivity contribution in [2.45, 2.75) is 6.54 Å². The van der Waals surface area contributed by atoms with Crippen molar-refractivity contribution in [3.63, 3.8) is 0 Å². The fraction of sp³-hybridized carbons (Fsp3) is 0.143. The maximum absolute atomic E-state index is 5.36. The summed E-state index contributed by atoms with van der Waals surface area (Å²) in [4.78, 5) is 2.31. The lowest BCUT2D eigenvalue weighted by atomic mass is 10.1. The number of nitrogens with zero attached hydrogens (tertiary/aromatic N) is 2. The van der Waals surface area contributed by atoms with Gasteiger partial charge in [-0.3, -0.25) is 0 Å². The Balaban J connectivity index is 1.58. The maximum atomic E-state index is 5.36. The Hall–Kier alpha value is -3.92. The van der Waals surface area contributed by atoms with E-state index < -0.39 is 0 Å². The van der Waals surface area contributed by atoms with E-state index in [-0.39, 0.29) is 0 Å². The van der Waals surface area contributed by atoms with Gasteiger partial charge in [-0.25, -0.2) is 0 Å². The first-order valence-corrected chi connectivity index (χ1v) is 10.7.